The van der Waals surface area contributed by atoms with Gasteiger partial charge in [-0.1, -0.05) is 24.1 Å². The summed E-state index contributed by atoms with van der Waals surface area (Å²) in [5.41, 5.74) is 1.99. The highest BCUT2D eigenvalue weighted by Gasteiger charge is 2.29. The minimum atomic E-state index is -0.305. The van der Waals surface area contributed by atoms with Crippen LogP contribution < -0.4 is 15.4 Å². The van der Waals surface area contributed by atoms with Gasteiger partial charge in [-0.2, -0.15) is 0 Å². The number of hydrogen-bond donors (Lipinski definition) is 2. The summed E-state index contributed by atoms with van der Waals surface area (Å²) in [7, 11) is 0. The number of halogens is 1. The molecule has 1 aromatic heterocycles. The van der Waals surface area contributed by atoms with Gasteiger partial charge in [-0.25, -0.2) is 0 Å². The zero-order chi connectivity index (χ0) is 23.5. The average Bonchev–Trinajstić information content (AvgIpc) is 3.65. The monoisotopic (exact) mass is 479 g/mol. The summed E-state index contributed by atoms with van der Waals surface area (Å²) in [5.74, 6) is 2.04. The molecule has 1 fully saturated rings. The Morgan fingerprint density at radius 1 is 1.03 bits per heavy atom. The Kier molecular flexibility index (Phi) is 6.49. The highest BCUT2D eigenvalue weighted by atomic mass is 35.5. The molecule has 0 atom stereocenters. The first-order valence-corrected chi connectivity index (χ1v) is 12.0. The van der Waals surface area contributed by atoms with E-state index in [1.165, 1.54) is 6.42 Å². The summed E-state index contributed by atoms with van der Waals surface area (Å²) in [6.07, 6.45) is 6.14. The van der Waals surface area contributed by atoms with Gasteiger partial charge >= 0.3 is 0 Å². The maximum Gasteiger partial charge on any atom is 0.262 e. The first kappa shape index (κ1) is 22.4. The number of carbonyl (C=O) groups excluding carboxylic acids is 2. The van der Waals surface area contributed by atoms with E-state index in [0.29, 0.717) is 22.1 Å². The summed E-state index contributed by atoms with van der Waals surface area (Å²) in [6, 6.07) is 12.4. The predicted molar refractivity (Wildman–Crippen MR) is 130 cm³/mol. The molecule has 176 valence electrons. The van der Waals surface area contributed by atoms with Gasteiger partial charge in [-0.15, -0.1) is 10.2 Å². The standard InChI is InChI=1S/C25H26ClN5O3/c26-21-11-10-18(14-20(21)24-30-29-22-7-2-1-3-12-31(22)24)27-23(32)15-34-19-6-4-5-17(13-19)28-25(33)16-8-9-16/h4-6,10-11,13-14,16H,1-3,7-9,12,15H2,(H,27,32)(H,28,33). The van der Waals surface area contributed by atoms with Crippen molar-refractivity contribution in [2.45, 2.75) is 45.1 Å². The van der Waals surface area contributed by atoms with Crippen molar-refractivity contribution in [3.63, 3.8) is 0 Å². The average molecular weight is 480 g/mol. The predicted octanol–water partition coefficient (Wildman–Crippen LogP) is 4.69. The van der Waals surface area contributed by atoms with Crippen molar-refractivity contribution in [3.05, 3.63) is 53.3 Å². The zero-order valence-electron chi connectivity index (χ0n) is 18.7. The molecule has 2 aliphatic rings. The lowest BCUT2D eigenvalue weighted by Crippen LogP contribution is -2.20. The van der Waals surface area contributed by atoms with Gasteiger partial charge in [0.05, 0.1) is 5.02 Å². The quantitative estimate of drug-likeness (QED) is 0.512. The van der Waals surface area contributed by atoms with Crippen LogP contribution in [-0.2, 0) is 22.6 Å². The van der Waals surface area contributed by atoms with Crippen LogP contribution in [0.2, 0.25) is 5.02 Å². The van der Waals surface area contributed by atoms with Gasteiger partial charge in [0.1, 0.15) is 11.6 Å². The lowest BCUT2D eigenvalue weighted by molar-refractivity contribution is -0.118. The van der Waals surface area contributed by atoms with Crippen molar-refractivity contribution in [1.29, 1.82) is 0 Å². The molecule has 5 rings (SSSR count). The van der Waals surface area contributed by atoms with Crippen molar-refractivity contribution in [2.24, 2.45) is 5.92 Å². The highest BCUT2D eigenvalue weighted by molar-refractivity contribution is 6.33. The molecule has 1 aliphatic carbocycles. The molecule has 3 aromatic rings. The van der Waals surface area contributed by atoms with Crippen LogP contribution >= 0.6 is 11.6 Å². The van der Waals surface area contributed by atoms with Crippen molar-refractivity contribution in [2.75, 3.05) is 17.2 Å². The molecule has 2 aromatic carbocycles. The van der Waals surface area contributed by atoms with Gasteiger partial charge < -0.3 is 19.9 Å². The van der Waals surface area contributed by atoms with E-state index in [1.54, 1.807) is 36.4 Å². The van der Waals surface area contributed by atoms with Crippen LogP contribution in [0.4, 0.5) is 11.4 Å². The normalized spacial score (nSPS) is 15.2. The van der Waals surface area contributed by atoms with E-state index in [4.69, 9.17) is 16.3 Å². The molecule has 0 unspecified atom stereocenters. The SMILES string of the molecule is O=C(COc1cccc(NC(=O)C2CC2)c1)Nc1ccc(Cl)c(-c2nnc3n2CCCCC3)c1. The Hall–Kier alpha value is -3.39. The lowest BCUT2D eigenvalue weighted by Gasteiger charge is -2.12. The van der Waals surface area contributed by atoms with Crippen molar-refractivity contribution in [3.8, 4) is 17.1 Å². The lowest BCUT2D eigenvalue weighted by atomic mass is 10.1. The van der Waals surface area contributed by atoms with Crippen molar-refractivity contribution >= 4 is 34.8 Å². The molecule has 2 heterocycles. The number of ether oxygens (including phenoxy) is 1. The number of rotatable bonds is 7. The van der Waals surface area contributed by atoms with Crippen molar-refractivity contribution < 1.29 is 14.3 Å². The third-order valence-corrected chi connectivity index (χ3v) is 6.35. The van der Waals surface area contributed by atoms with Gasteiger partial charge in [-0.05, 0) is 56.0 Å². The second-order valence-electron chi connectivity index (χ2n) is 8.72. The van der Waals surface area contributed by atoms with Crippen LogP contribution in [0, 0.1) is 5.92 Å². The number of nitrogens with one attached hydrogen (secondary N) is 2. The van der Waals surface area contributed by atoms with E-state index < -0.39 is 0 Å². The number of nitrogens with zero attached hydrogens (tertiary/aromatic N) is 3. The van der Waals surface area contributed by atoms with Crippen LogP contribution in [0.1, 0.15) is 37.9 Å². The Morgan fingerprint density at radius 2 is 1.88 bits per heavy atom. The topological polar surface area (TPSA) is 98.1 Å². The van der Waals surface area contributed by atoms with Gasteiger partial charge in [0.25, 0.3) is 5.91 Å². The van der Waals surface area contributed by atoms with E-state index in [1.807, 2.05) is 6.07 Å². The van der Waals surface area contributed by atoms with Crippen LogP contribution in [0.25, 0.3) is 11.4 Å². The molecule has 2 amide bonds. The molecule has 34 heavy (non-hydrogen) atoms. The molecule has 9 heteroatoms. The van der Waals surface area contributed by atoms with Gasteiger partial charge in [0.15, 0.2) is 12.4 Å². The number of benzene rings is 2. The van der Waals surface area contributed by atoms with Crippen LogP contribution in [0.15, 0.2) is 42.5 Å². The molecule has 0 saturated heterocycles. The van der Waals surface area contributed by atoms with Crippen LogP contribution in [0.3, 0.4) is 0 Å². The minimum absolute atomic E-state index is 0.0259. The molecule has 2 N–H and O–H groups in total. The number of fused-ring (bicyclic) bond motifs is 1. The third-order valence-electron chi connectivity index (χ3n) is 6.02. The summed E-state index contributed by atoms with van der Waals surface area (Å²) in [5, 5.41) is 15.0. The molecule has 0 radical (unpaired) electrons. The first-order valence-electron chi connectivity index (χ1n) is 11.6. The highest BCUT2D eigenvalue weighted by Crippen LogP contribution is 2.32. The molecular formula is C25H26ClN5O3. The number of aromatic nitrogens is 3. The third kappa shape index (κ3) is 5.22. The maximum atomic E-state index is 12.5. The fourth-order valence-electron chi connectivity index (χ4n) is 4.06. The Balaban J connectivity index is 1.23. The maximum absolute atomic E-state index is 12.5. The van der Waals surface area contributed by atoms with E-state index in [2.05, 4.69) is 25.4 Å². The summed E-state index contributed by atoms with van der Waals surface area (Å²) in [4.78, 5) is 24.5. The molecule has 1 saturated carbocycles. The zero-order valence-corrected chi connectivity index (χ0v) is 19.5. The fourth-order valence-corrected chi connectivity index (χ4v) is 4.26. The van der Waals surface area contributed by atoms with E-state index >= 15 is 0 Å². The van der Waals surface area contributed by atoms with Crippen LogP contribution in [-0.4, -0.2) is 33.2 Å². The Morgan fingerprint density at radius 3 is 2.74 bits per heavy atom. The Labute approximate surface area is 202 Å². The van der Waals surface area contributed by atoms with Gasteiger partial charge in [0.2, 0.25) is 5.91 Å². The fraction of sp³-hybridized carbons (Fsp3) is 0.360. The number of anilines is 2. The first-order chi connectivity index (χ1) is 16.6. The second-order valence-corrected chi connectivity index (χ2v) is 9.13. The summed E-state index contributed by atoms with van der Waals surface area (Å²) >= 11 is 6.47. The van der Waals surface area contributed by atoms with E-state index in [0.717, 1.165) is 55.9 Å². The summed E-state index contributed by atoms with van der Waals surface area (Å²) in [6.45, 7) is 0.691. The smallest absolute Gasteiger partial charge is 0.262 e. The number of aryl methyl sites for hydroxylation is 1. The number of carbonyl (C=O) groups is 2. The Bertz CT molecular complexity index is 1220. The second kappa shape index (κ2) is 9.85. The molecule has 0 bridgehead atoms. The molecule has 0 spiro atoms. The minimum Gasteiger partial charge on any atom is -0.484 e. The molecule has 1 aliphatic heterocycles. The number of hydrogen-bond acceptors (Lipinski definition) is 5. The summed E-state index contributed by atoms with van der Waals surface area (Å²) < 4.78 is 7.76. The van der Waals surface area contributed by atoms with Gasteiger partial charge in [0, 0.05) is 41.9 Å². The largest absolute Gasteiger partial charge is 0.484 e. The van der Waals surface area contributed by atoms with Crippen molar-refractivity contribution in [1.82, 2.24) is 14.8 Å². The molecule has 8 nitrogen and oxygen atoms in total. The molecular weight excluding hydrogens is 454 g/mol. The van der Waals surface area contributed by atoms with Gasteiger partial charge in [-0.3, -0.25) is 9.59 Å². The van der Waals surface area contributed by atoms with E-state index in [-0.39, 0.29) is 24.3 Å². The van der Waals surface area contributed by atoms with E-state index in [9.17, 15) is 9.59 Å². The number of amides is 2. The van der Waals surface area contributed by atoms with Crippen LogP contribution in [0.5, 0.6) is 5.75 Å².